The Morgan fingerprint density at radius 3 is 1.85 bits per heavy atom. The second kappa shape index (κ2) is 13.3. The minimum absolute atomic E-state index is 0.289. The predicted octanol–water partition coefficient (Wildman–Crippen LogP) is 3.98. The van der Waals surface area contributed by atoms with Crippen molar-refractivity contribution in [1.82, 2.24) is 9.80 Å². The summed E-state index contributed by atoms with van der Waals surface area (Å²) in [6.45, 7) is 2.33. The fourth-order valence-corrected chi connectivity index (χ4v) is 6.02. The lowest BCUT2D eigenvalue weighted by atomic mass is 9.90. The van der Waals surface area contributed by atoms with Gasteiger partial charge in [-0.25, -0.2) is 26.4 Å². The van der Waals surface area contributed by atoms with Crippen molar-refractivity contribution in [2.24, 2.45) is 0 Å². The third-order valence-electron chi connectivity index (χ3n) is 6.96. The van der Waals surface area contributed by atoms with Crippen molar-refractivity contribution in [3.8, 4) is 0 Å². The van der Waals surface area contributed by atoms with Gasteiger partial charge in [-0.3, -0.25) is 0 Å². The number of piperidine rings is 1. The van der Waals surface area contributed by atoms with E-state index in [1.54, 1.807) is 46.2 Å². The van der Waals surface area contributed by atoms with Crippen LogP contribution in [0, 0.1) is 0 Å². The molecule has 12 heteroatoms. The first-order chi connectivity index (χ1) is 18.8. The van der Waals surface area contributed by atoms with Crippen molar-refractivity contribution in [3.63, 3.8) is 0 Å². The molecule has 0 saturated carbocycles. The standard InChI is InChI=1S/C14H19NO4S.C14H17NO4S/c2*1-19-14(16)15-8-6-11(7-9-15)12-4-3-5-13(10-12)20(2,17)18/h3-5,10-11H,6-9H2,1-2H3;3-6,10H,7-9H2,1-2H3. The van der Waals surface area contributed by atoms with E-state index in [0.29, 0.717) is 42.4 Å². The molecule has 2 aromatic carbocycles. The molecular weight excluding hydrogens is 556 g/mol. The second-order valence-corrected chi connectivity index (χ2v) is 13.8. The molecule has 0 atom stereocenters. The van der Waals surface area contributed by atoms with E-state index in [2.05, 4.69) is 4.74 Å². The maximum absolute atomic E-state index is 11.6. The average molecular weight is 593 g/mol. The van der Waals surface area contributed by atoms with Crippen LogP contribution < -0.4 is 0 Å². The number of hydrogen-bond donors (Lipinski definition) is 0. The lowest BCUT2D eigenvalue weighted by Gasteiger charge is -2.31. The van der Waals surface area contributed by atoms with Gasteiger partial charge in [-0.05, 0) is 66.1 Å². The maximum Gasteiger partial charge on any atom is 0.409 e. The van der Waals surface area contributed by atoms with Crippen molar-refractivity contribution in [2.75, 3.05) is 52.9 Å². The first kappa shape index (κ1) is 31.2. The summed E-state index contributed by atoms with van der Waals surface area (Å²) in [5.74, 6) is 0.289. The topological polar surface area (TPSA) is 127 Å². The van der Waals surface area contributed by atoms with Crippen LogP contribution in [0.1, 0.15) is 36.3 Å². The monoisotopic (exact) mass is 592 g/mol. The van der Waals surface area contributed by atoms with E-state index in [4.69, 9.17) is 4.74 Å². The zero-order valence-corrected chi connectivity index (χ0v) is 24.8. The Bertz CT molecular complexity index is 1460. The SMILES string of the molecule is COC(=O)N1CC=C(c2cccc(S(C)(=O)=O)c2)CC1.COC(=O)N1CCC(c2cccc(S(C)(=O)=O)c2)CC1. The number of hydrogen-bond acceptors (Lipinski definition) is 8. The summed E-state index contributed by atoms with van der Waals surface area (Å²) in [5, 5.41) is 0. The van der Waals surface area contributed by atoms with E-state index < -0.39 is 19.7 Å². The maximum atomic E-state index is 11.6. The van der Waals surface area contributed by atoms with Gasteiger partial charge >= 0.3 is 12.2 Å². The van der Waals surface area contributed by atoms with Crippen molar-refractivity contribution < 1.29 is 35.9 Å². The van der Waals surface area contributed by atoms with E-state index in [1.807, 2.05) is 18.2 Å². The average Bonchev–Trinajstić information content (AvgIpc) is 2.96. The molecule has 0 unspecified atom stereocenters. The molecule has 0 aromatic heterocycles. The molecule has 1 fully saturated rings. The summed E-state index contributed by atoms with van der Waals surface area (Å²) in [6.07, 6.45) is 6.03. The number of carbonyl (C=O) groups excluding carboxylic acids is 2. The van der Waals surface area contributed by atoms with Crippen LogP contribution in [-0.2, 0) is 29.1 Å². The Morgan fingerprint density at radius 1 is 0.775 bits per heavy atom. The van der Waals surface area contributed by atoms with Crippen LogP contribution in [0.5, 0.6) is 0 Å². The third kappa shape index (κ3) is 8.31. The second-order valence-electron chi connectivity index (χ2n) is 9.77. The lowest BCUT2D eigenvalue weighted by Crippen LogP contribution is -2.37. The van der Waals surface area contributed by atoms with Gasteiger partial charge in [0.1, 0.15) is 0 Å². The van der Waals surface area contributed by atoms with E-state index >= 15 is 0 Å². The van der Waals surface area contributed by atoms with E-state index in [1.165, 1.54) is 26.7 Å². The largest absolute Gasteiger partial charge is 0.453 e. The molecule has 0 aliphatic carbocycles. The van der Waals surface area contributed by atoms with Crippen LogP contribution in [0.15, 0.2) is 64.4 Å². The molecule has 10 nitrogen and oxygen atoms in total. The molecule has 218 valence electrons. The molecule has 2 amide bonds. The summed E-state index contributed by atoms with van der Waals surface area (Å²) >= 11 is 0. The molecule has 2 heterocycles. The van der Waals surface area contributed by atoms with Gasteiger partial charge in [-0.1, -0.05) is 30.3 Å². The molecule has 2 aromatic rings. The zero-order chi connectivity index (χ0) is 29.5. The molecule has 0 N–H and O–H groups in total. The number of likely N-dealkylation sites (tertiary alicyclic amines) is 1. The van der Waals surface area contributed by atoms with Crippen molar-refractivity contribution >= 4 is 37.4 Å². The fourth-order valence-electron chi connectivity index (χ4n) is 4.68. The van der Waals surface area contributed by atoms with Crippen LogP contribution in [0.4, 0.5) is 9.59 Å². The minimum atomic E-state index is -3.20. The quantitative estimate of drug-likeness (QED) is 0.522. The molecule has 2 aliphatic heterocycles. The van der Waals surface area contributed by atoms with Crippen LogP contribution in [0.25, 0.3) is 5.57 Å². The van der Waals surface area contributed by atoms with E-state index in [-0.39, 0.29) is 18.1 Å². The van der Waals surface area contributed by atoms with Gasteiger partial charge in [0.15, 0.2) is 19.7 Å². The fraction of sp³-hybridized carbons (Fsp3) is 0.429. The van der Waals surface area contributed by atoms with Crippen LogP contribution >= 0.6 is 0 Å². The summed E-state index contributed by atoms with van der Waals surface area (Å²) in [6, 6.07) is 14.0. The number of carbonyl (C=O) groups is 2. The first-order valence-electron chi connectivity index (χ1n) is 12.8. The third-order valence-corrected chi connectivity index (χ3v) is 9.18. The summed E-state index contributed by atoms with van der Waals surface area (Å²) < 4.78 is 55.7. The molecular formula is C28H36N2O8S2. The van der Waals surface area contributed by atoms with Crippen molar-refractivity contribution in [1.29, 1.82) is 0 Å². The zero-order valence-electron chi connectivity index (χ0n) is 23.2. The number of ether oxygens (including phenoxy) is 2. The number of amides is 2. The van der Waals surface area contributed by atoms with Gasteiger partial charge in [0.2, 0.25) is 0 Å². The number of benzene rings is 2. The minimum Gasteiger partial charge on any atom is -0.453 e. The Labute approximate surface area is 236 Å². The number of rotatable bonds is 4. The van der Waals surface area contributed by atoms with Crippen LogP contribution in [0.3, 0.4) is 0 Å². The summed E-state index contributed by atoms with van der Waals surface area (Å²) in [7, 11) is -3.64. The van der Waals surface area contributed by atoms with E-state index in [0.717, 1.165) is 29.5 Å². The molecule has 4 rings (SSSR count). The molecule has 0 spiro atoms. The summed E-state index contributed by atoms with van der Waals surface area (Å²) in [4.78, 5) is 26.8. The molecule has 40 heavy (non-hydrogen) atoms. The van der Waals surface area contributed by atoms with Crippen LogP contribution in [-0.4, -0.2) is 91.7 Å². The van der Waals surface area contributed by atoms with Gasteiger partial charge in [0, 0.05) is 38.7 Å². The number of methoxy groups -OCH3 is 2. The summed E-state index contributed by atoms with van der Waals surface area (Å²) in [5.41, 5.74) is 2.96. The van der Waals surface area contributed by atoms with Crippen molar-refractivity contribution in [3.05, 3.63) is 65.7 Å². The molecule has 0 bridgehead atoms. The van der Waals surface area contributed by atoms with Gasteiger partial charge in [0.25, 0.3) is 0 Å². The van der Waals surface area contributed by atoms with Gasteiger partial charge in [0.05, 0.1) is 24.0 Å². The van der Waals surface area contributed by atoms with Gasteiger partial charge in [-0.2, -0.15) is 0 Å². The normalized spacial score (nSPS) is 16.4. The van der Waals surface area contributed by atoms with E-state index in [9.17, 15) is 26.4 Å². The lowest BCUT2D eigenvalue weighted by molar-refractivity contribution is 0.112. The molecule has 1 saturated heterocycles. The number of sulfone groups is 2. The highest BCUT2D eigenvalue weighted by atomic mass is 32.2. The Hall–Kier alpha value is -3.38. The first-order valence-corrected chi connectivity index (χ1v) is 16.6. The Balaban J connectivity index is 0.000000220. The highest BCUT2D eigenvalue weighted by molar-refractivity contribution is 7.91. The Kier molecular flexibility index (Phi) is 10.4. The van der Waals surface area contributed by atoms with Crippen LogP contribution in [0.2, 0.25) is 0 Å². The Morgan fingerprint density at radius 2 is 1.32 bits per heavy atom. The molecule has 0 radical (unpaired) electrons. The van der Waals surface area contributed by atoms with Gasteiger partial charge < -0.3 is 19.3 Å². The number of nitrogens with zero attached hydrogens (tertiary/aromatic N) is 2. The van der Waals surface area contributed by atoms with Gasteiger partial charge in [-0.15, -0.1) is 0 Å². The smallest absolute Gasteiger partial charge is 0.409 e. The molecule has 2 aliphatic rings. The highest BCUT2D eigenvalue weighted by Crippen LogP contribution is 2.29. The predicted molar refractivity (Wildman–Crippen MR) is 152 cm³/mol. The van der Waals surface area contributed by atoms with Crippen molar-refractivity contribution in [2.45, 2.75) is 35.0 Å². The highest BCUT2D eigenvalue weighted by Gasteiger charge is 2.25.